The van der Waals surface area contributed by atoms with E-state index in [9.17, 15) is 30.7 Å². The number of halogens is 7. The van der Waals surface area contributed by atoms with Crippen LogP contribution in [0.1, 0.15) is 60.5 Å². The molecule has 0 N–H and O–H groups in total. The molecule has 1 saturated carbocycles. The van der Waals surface area contributed by atoms with Crippen molar-refractivity contribution in [1.82, 2.24) is 0 Å². The molecular formula is C21H19F7O. The average Bonchev–Trinajstić information content (AvgIpc) is 3.08. The topological polar surface area (TPSA) is 9.23 Å². The maximum absolute atomic E-state index is 13.2. The summed E-state index contributed by atoms with van der Waals surface area (Å²) >= 11 is 0. The van der Waals surface area contributed by atoms with Crippen molar-refractivity contribution >= 4 is 0 Å². The minimum absolute atomic E-state index is 0.0917. The summed E-state index contributed by atoms with van der Waals surface area (Å²) in [6.07, 6.45) is -8.98. The summed E-state index contributed by atoms with van der Waals surface area (Å²) in [4.78, 5) is 0. The number of hydrogen-bond acceptors (Lipinski definition) is 1. The first kappa shape index (κ1) is 21.6. The van der Waals surface area contributed by atoms with E-state index in [1.54, 1.807) is 12.1 Å². The fourth-order valence-corrected chi connectivity index (χ4v) is 3.73. The van der Waals surface area contributed by atoms with Crippen LogP contribution in [0.25, 0.3) is 0 Å². The molecule has 8 heteroatoms. The standard InChI is InChI=1S/C21H19F7O/c1-12(14-9-15(20(23,24)25)11-16(10-14)21(26,27)28)29-19-4-2-3-18(19)13-5-7-17(22)8-6-13/h5-12,18-19H,2-4H2,1H3/t12-,18?,19+/m1/s1. The van der Waals surface area contributed by atoms with Gasteiger partial charge in [0.25, 0.3) is 0 Å². The van der Waals surface area contributed by atoms with Crippen molar-refractivity contribution in [3.63, 3.8) is 0 Å². The fraction of sp³-hybridized carbons (Fsp3) is 0.429. The van der Waals surface area contributed by atoms with E-state index in [0.29, 0.717) is 18.6 Å². The molecule has 0 aliphatic heterocycles. The second kappa shape index (κ2) is 7.97. The van der Waals surface area contributed by atoms with Gasteiger partial charge in [0.15, 0.2) is 0 Å². The molecule has 0 aromatic heterocycles. The Morgan fingerprint density at radius 1 is 0.862 bits per heavy atom. The second-order valence-corrected chi connectivity index (χ2v) is 7.24. The maximum atomic E-state index is 13.2. The van der Waals surface area contributed by atoms with Gasteiger partial charge in [0, 0.05) is 5.92 Å². The normalized spacial score (nSPS) is 21.4. The monoisotopic (exact) mass is 420 g/mol. The smallest absolute Gasteiger partial charge is 0.370 e. The SMILES string of the molecule is C[C@@H](O[C@H]1CCCC1c1ccc(F)cc1)c1cc(C(F)(F)F)cc(C(F)(F)F)c1. The minimum atomic E-state index is -4.90. The first-order valence-corrected chi connectivity index (χ1v) is 9.15. The summed E-state index contributed by atoms with van der Waals surface area (Å²) in [6, 6.07) is 7.38. The molecule has 1 aliphatic carbocycles. The lowest BCUT2D eigenvalue weighted by Gasteiger charge is -2.26. The van der Waals surface area contributed by atoms with Crippen molar-refractivity contribution in [2.45, 2.75) is 56.7 Å². The first-order chi connectivity index (χ1) is 13.4. The van der Waals surface area contributed by atoms with Crippen LogP contribution < -0.4 is 0 Å². The van der Waals surface area contributed by atoms with Gasteiger partial charge in [0.1, 0.15) is 5.82 Å². The van der Waals surface area contributed by atoms with Gasteiger partial charge < -0.3 is 4.74 Å². The molecule has 0 amide bonds. The molecule has 1 unspecified atom stereocenters. The number of alkyl halides is 6. The molecule has 0 radical (unpaired) electrons. The van der Waals surface area contributed by atoms with E-state index in [0.717, 1.165) is 18.4 Å². The molecule has 1 aliphatic rings. The number of rotatable bonds is 4. The van der Waals surface area contributed by atoms with Gasteiger partial charge in [-0.25, -0.2) is 4.39 Å². The molecule has 3 atom stereocenters. The van der Waals surface area contributed by atoms with Crippen molar-refractivity contribution < 1.29 is 35.5 Å². The zero-order valence-corrected chi connectivity index (χ0v) is 15.4. The highest BCUT2D eigenvalue weighted by Gasteiger charge is 2.38. The highest BCUT2D eigenvalue weighted by atomic mass is 19.4. The summed E-state index contributed by atoms with van der Waals surface area (Å²) in [5.74, 6) is -0.479. The van der Waals surface area contributed by atoms with Crippen LogP contribution in [0.15, 0.2) is 42.5 Å². The Morgan fingerprint density at radius 3 is 1.93 bits per heavy atom. The molecule has 0 bridgehead atoms. The van der Waals surface area contributed by atoms with E-state index in [-0.39, 0.29) is 29.5 Å². The lowest BCUT2D eigenvalue weighted by atomic mass is 9.95. The summed E-state index contributed by atoms with van der Waals surface area (Å²) in [5.41, 5.74) is -2.07. The molecule has 2 aromatic rings. The van der Waals surface area contributed by atoms with Gasteiger partial charge in [0.05, 0.1) is 23.3 Å². The summed E-state index contributed by atoms with van der Waals surface area (Å²) in [6.45, 7) is 1.44. The zero-order chi connectivity index (χ0) is 21.4. The van der Waals surface area contributed by atoms with E-state index >= 15 is 0 Å². The summed E-state index contributed by atoms with van der Waals surface area (Å²) in [7, 11) is 0. The average molecular weight is 420 g/mol. The lowest BCUT2D eigenvalue weighted by molar-refractivity contribution is -0.143. The van der Waals surface area contributed by atoms with Crippen molar-refractivity contribution in [3.05, 3.63) is 70.5 Å². The van der Waals surface area contributed by atoms with Crippen LogP contribution in [0.4, 0.5) is 30.7 Å². The van der Waals surface area contributed by atoms with Crippen LogP contribution >= 0.6 is 0 Å². The minimum Gasteiger partial charge on any atom is -0.370 e. The van der Waals surface area contributed by atoms with E-state index in [1.807, 2.05) is 0 Å². The molecule has 158 valence electrons. The maximum Gasteiger partial charge on any atom is 0.416 e. The summed E-state index contributed by atoms with van der Waals surface area (Å²) < 4.78 is 97.5. The van der Waals surface area contributed by atoms with Crippen LogP contribution in [0.3, 0.4) is 0 Å². The predicted octanol–water partition coefficient (Wildman–Crippen LogP) is 7.28. The molecule has 3 rings (SSSR count). The third kappa shape index (κ3) is 5.10. The predicted molar refractivity (Wildman–Crippen MR) is 92.7 cm³/mol. The molecule has 1 nitrogen and oxygen atoms in total. The van der Waals surface area contributed by atoms with Crippen molar-refractivity contribution in [1.29, 1.82) is 0 Å². The Kier molecular flexibility index (Phi) is 5.94. The van der Waals surface area contributed by atoms with Crippen molar-refractivity contribution in [2.75, 3.05) is 0 Å². The van der Waals surface area contributed by atoms with Gasteiger partial charge in [-0.2, -0.15) is 26.3 Å². The Hall–Kier alpha value is -2.09. The lowest BCUT2D eigenvalue weighted by Crippen LogP contribution is -2.20. The van der Waals surface area contributed by atoms with Gasteiger partial charge in [0.2, 0.25) is 0 Å². The second-order valence-electron chi connectivity index (χ2n) is 7.24. The van der Waals surface area contributed by atoms with Gasteiger partial charge in [-0.1, -0.05) is 18.6 Å². The van der Waals surface area contributed by atoms with Gasteiger partial charge in [-0.05, 0) is 61.2 Å². The molecule has 0 spiro atoms. The van der Waals surface area contributed by atoms with Crippen molar-refractivity contribution in [3.8, 4) is 0 Å². The Balaban J connectivity index is 1.86. The zero-order valence-electron chi connectivity index (χ0n) is 15.4. The van der Waals surface area contributed by atoms with Crippen molar-refractivity contribution in [2.24, 2.45) is 0 Å². The van der Waals surface area contributed by atoms with Crippen LogP contribution in [-0.2, 0) is 17.1 Å². The quantitative estimate of drug-likeness (QED) is 0.473. The Morgan fingerprint density at radius 2 is 1.41 bits per heavy atom. The number of ether oxygens (including phenoxy) is 1. The van der Waals surface area contributed by atoms with E-state index in [4.69, 9.17) is 4.74 Å². The van der Waals surface area contributed by atoms with Gasteiger partial charge >= 0.3 is 12.4 Å². The number of benzene rings is 2. The first-order valence-electron chi connectivity index (χ1n) is 9.15. The molecule has 29 heavy (non-hydrogen) atoms. The van der Waals surface area contributed by atoms with Crippen LogP contribution in [0.2, 0.25) is 0 Å². The Bertz CT molecular complexity index is 807. The molecule has 2 aromatic carbocycles. The third-order valence-electron chi connectivity index (χ3n) is 5.21. The highest BCUT2D eigenvalue weighted by molar-refractivity contribution is 5.35. The third-order valence-corrected chi connectivity index (χ3v) is 5.21. The van der Waals surface area contributed by atoms with Crippen LogP contribution in [0.5, 0.6) is 0 Å². The molecule has 0 saturated heterocycles. The van der Waals surface area contributed by atoms with Gasteiger partial charge in [-0.15, -0.1) is 0 Å². The number of hydrogen-bond donors (Lipinski definition) is 0. The largest absolute Gasteiger partial charge is 0.416 e. The van der Waals surface area contributed by atoms with Crippen LogP contribution in [0, 0.1) is 5.82 Å². The highest BCUT2D eigenvalue weighted by Crippen LogP contribution is 2.41. The van der Waals surface area contributed by atoms with E-state index < -0.39 is 29.6 Å². The fourth-order valence-electron chi connectivity index (χ4n) is 3.73. The van der Waals surface area contributed by atoms with E-state index in [2.05, 4.69) is 0 Å². The molecule has 0 heterocycles. The Labute approximate surface area is 163 Å². The molecular weight excluding hydrogens is 401 g/mol. The van der Waals surface area contributed by atoms with Gasteiger partial charge in [-0.3, -0.25) is 0 Å². The summed E-state index contributed by atoms with van der Waals surface area (Å²) in [5, 5.41) is 0. The van der Waals surface area contributed by atoms with Crippen LogP contribution in [-0.4, -0.2) is 6.10 Å². The van der Waals surface area contributed by atoms with E-state index in [1.165, 1.54) is 19.1 Å². The molecule has 1 fully saturated rings.